The van der Waals surface area contributed by atoms with Gasteiger partial charge in [0.25, 0.3) is 5.91 Å². The fourth-order valence-electron chi connectivity index (χ4n) is 4.79. The number of aliphatic hydroxyl groups is 1. The predicted octanol–water partition coefficient (Wildman–Crippen LogP) is 3.00. The van der Waals surface area contributed by atoms with Gasteiger partial charge >= 0.3 is 0 Å². The van der Waals surface area contributed by atoms with Crippen LogP contribution in [0.1, 0.15) is 23.3 Å². The quantitative estimate of drug-likeness (QED) is 0.722. The van der Waals surface area contributed by atoms with Crippen LogP contribution in [0.3, 0.4) is 0 Å². The van der Waals surface area contributed by atoms with E-state index < -0.39 is 6.10 Å². The number of nitrogens with zero attached hydrogens (tertiary/aromatic N) is 3. The van der Waals surface area contributed by atoms with Crippen molar-refractivity contribution in [2.24, 2.45) is 18.9 Å². The molecule has 4 atom stereocenters. The van der Waals surface area contributed by atoms with Crippen LogP contribution in [0.5, 0.6) is 5.75 Å². The summed E-state index contributed by atoms with van der Waals surface area (Å²) in [5.41, 5.74) is 1.24. The fourth-order valence-corrected chi connectivity index (χ4v) is 4.79. The van der Waals surface area contributed by atoms with E-state index in [4.69, 9.17) is 4.74 Å². The molecule has 30 heavy (non-hydrogen) atoms. The molecule has 1 saturated heterocycles. The van der Waals surface area contributed by atoms with E-state index in [1.165, 1.54) is 12.1 Å². The Bertz CT molecular complexity index is 1080. The van der Waals surface area contributed by atoms with E-state index in [0.29, 0.717) is 37.4 Å². The molecule has 2 aliphatic rings. The van der Waals surface area contributed by atoms with E-state index in [9.17, 15) is 14.3 Å². The number of carbonyl (C=O) groups excluding carboxylic acids is 1. The molecule has 0 bridgehead atoms. The number of fused-ring (bicyclic) bond motifs is 2. The van der Waals surface area contributed by atoms with Gasteiger partial charge in [-0.25, -0.2) is 9.37 Å². The Balaban J connectivity index is 1.28. The number of likely N-dealkylation sites (tertiary alicyclic amines) is 1. The highest BCUT2D eigenvalue weighted by atomic mass is 19.1. The van der Waals surface area contributed by atoms with Crippen molar-refractivity contribution in [1.29, 1.82) is 0 Å². The summed E-state index contributed by atoms with van der Waals surface area (Å²) in [6, 6.07) is 11.5. The lowest BCUT2D eigenvalue weighted by Crippen LogP contribution is -2.42. The Labute approximate surface area is 173 Å². The van der Waals surface area contributed by atoms with Crippen LogP contribution in [0, 0.1) is 17.7 Å². The highest BCUT2D eigenvalue weighted by molar-refractivity contribution is 5.94. The number of aryl methyl sites for hydroxylation is 1. The molecule has 2 aromatic heterocycles. The van der Waals surface area contributed by atoms with Crippen LogP contribution < -0.4 is 4.74 Å². The zero-order chi connectivity index (χ0) is 20.8. The van der Waals surface area contributed by atoms with E-state index in [1.807, 2.05) is 34.8 Å². The molecular weight excluding hydrogens is 385 g/mol. The smallest absolute Gasteiger partial charge is 0.272 e. The number of ether oxygens (including phenoxy) is 1. The van der Waals surface area contributed by atoms with Crippen molar-refractivity contribution in [3.8, 4) is 5.75 Å². The third kappa shape index (κ3) is 3.43. The van der Waals surface area contributed by atoms with Crippen LogP contribution >= 0.6 is 0 Å². The SMILES string of the molecule is Cn1ccc2ccc(C(=O)N3C[C@H]4C[C@@H](Oc5ccc(F)cc5)[C@H](O)C[C@H]4C3)nc21. The molecule has 3 heterocycles. The lowest BCUT2D eigenvalue weighted by atomic mass is 9.78. The van der Waals surface area contributed by atoms with E-state index in [1.54, 1.807) is 18.2 Å². The van der Waals surface area contributed by atoms with E-state index in [2.05, 4.69) is 4.98 Å². The lowest BCUT2D eigenvalue weighted by molar-refractivity contribution is -0.0231. The normalized spacial score (nSPS) is 26.0. The molecule has 1 saturated carbocycles. The van der Waals surface area contributed by atoms with Gasteiger partial charge in [-0.2, -0.15) is 0 Å². The van der Waals surface area contributed by atoms with Gasteiger partial charge < -0.3 is 19.3 Å². The van der Waals surface area contributed by atoms with Crippen molar-refractivity contribution in [1.82, 2.24) is 14.5 Å². The Hall–Kier alpha value is -2.93. The van der Waals surface area contributed by atoms with Crippen molar-refractivity contribution in [2.75, 3.05) is 13.1 Å². The average molecular weight is 409 g/mol. The summed E-state index contributed by atoms with van der Waals surface area (Å²) in [5.74, 6) is 0.666. The third-order valence-corrected chi connectivity index (χ3v) is 6.41. The van der Waals surface area contributed by atoms with Crippen molar-refractivity contribution in [3.63, 3.8) is 0 Å². The average Bonchev–Trinajstić information content (AvgIpc) is 3.32. The first-order valence-corrected chi connectivity index (χ1v) is 10.3. The molecule has 0 unspecified atom stereocenters. The Morgan fingerprint density at radius 2 is 1.83 bits per heavy atom. The lowest BCUT2D eigenvalue weighted by Gasteiger charge is -2.35. The number of rotatable bonds is 3. The Morgan fingerprint density at radius 3 is 2.60 bits per heavy atom. The molecule has 5 rings (SSSR count). The summed E-state index contributed by atoms with van der Waals surface area (Å²) < 4.78 is 21.0. The minimum absolute atomic E-state index is 0.0713. The van der Waals surface area contributed by atoms with Crippen molar-refractivity contribution >= 4 is 16.9 Å². The van der Waals surface area contributed by atoms with Gasteiger partial charge in [0.05, 0.1) is 6.10 Å². The molecule has 3 aromatic rings. The summed E-state index contributed by atoms with van der Waals surface area (Å²) in [5, 5.41) is 11.6. The molecule has 1 aliphatic carbocycles. The fraction of sp³-hybridized carbons (Fsp3) is 0.391. The highest BCUT2D eigenvalue weighted by Gasteiger charge is 2.44. The number of aliphatic hydroxyl groups excluding tert-OH is 1. The second-order valence-corrected chi connectivity index (χ2v) is 8.42. The topological polar surface area (TPSA) is 67.6 Å². The first-order valence-electron chi connectivity index (χ1n) is 10.3. The van der Waals surface area contributed by atoms with E-state index in [0.717, 1.165) is 11.0 Å². The summed E-state index contributed by atoms with van der Waals surface area (Å²) in [7, 11) is 1.91. The molecular formula is C23H24FN3O3. The standard InChI is InChI=1S/C23H24FN3O3/c1-26-9-8-14-2-7-19(25-22(14)26)23(29)27-12-15-10-20(28)21(11-16(15)13-27)30-18-5-3-17(24)4-6-18/h2-9,15-16,20-21,28H,10-13H2,1H3/t15-,16+,20+,21+/m0/s1. The number of hydrogen-bond donors (Lipinski definition) is 1. The minimum atomic E-state index is -0.607. The molecule has 1 amide bonds. The maximum atomic E-state index is 13.1. The largest absolute Gasteiger partial charge is 0.488 e. The first-order chi connectivity index (χ1) is 14.5. The van der Waals surface area contributed by atoms with Gasteiger partial charge in [-0.15, -0.1) is 0 Å². The van der Waals surface area contributed by atoms with Crippen LogP contribution in [-0.4, -0.2) is 50.8 Å². The monoisotopic (exact) mass is 409 g/mol. The van der Waals surface area contributed by atoms with Gasteiger partial charge in [0, 0.05) is 31.7 Å². The van der Waals surface area contributed by atoms with Gasteiger partial charge in [-0.1, -0.05) is 0 Å². The number of halogens is 1. The zero-order valence-corrected chi connectivity index (χ0v) is 16.7. The van der Waals surface area contributed by atoms with Crippen molar-refractivity contribution < 1.29 is 19.0 Å². The molecule has 2 fully saturated rings. The number of pyridine rings is 1. The Kier molecular flexibility index (Phi) is 4.70. The molecule has 1 N–H and O–H groups in total. The van der Waals surface area contributed by atoms with Gasteiger partial charge in [0.2, 0.25) is 0 Å². The molecule has 0 spiro atoms. The van der Waals surface area contributed by atoms with Gasteiger partial charge in [-0.05, 0) is 67.1 Å². The number of carbonyl (C=O) groups is 1. The molecule has 7 heteroatoms. The minimum Gasteiger partial charge on any atom is -0.488 e. The number of hydrogen-bond acceptors (Lipinski definition) is 4. The van der Waals surface area contributed by atoms with E-state index >= 15 is 0 Å². The summed E-state index contributed by atoms with van der Waals surface area (Å²) in [6.45, 7) is 1.25. The molecule has 1 aromatic carbocycles. The number of benzene rings is 1. The second-order valence-electron chi connectivity index (χ2n) is 8.42. The maximum absolute atomic E-state index is 13.1. The summed E-state index contributed by atoms with van der Waals surface area (Å²) >= 11 is 0. The van der Waals surface area contributed by atoms with Crippen LogP contribution in [-0.2, 0) is 7.05 Å². The zero-order valence-electron chi connectivity index (χ0n) is 16.7. The number of amides is 1. The van der Waals surface area contributed by atoms with Gasteiger partial charge in [-0.3, -0.25) is 4.79 Å². The predicted molar refractivity (Wildman–Crippen MR) is 110 cm³/mol. The first kappa shape index (κ1) is 19.1. The van der Waals surface area contributed by atoms with Gasteiger partial charge in [0.15, 0.2) is 0 Å². The highest BCUT2D eigenvalue weighted by Crippen LogP contribution is 2.38. The van der Waals surface area contributed by atoms with Crippen LogP contribution in [0.15, 0.2) is 48.7 Å². The van der Waals surface area contributed by atoms with Crippen molar-refractivity contribution in [2.45, 2.75) is 25.0 Å². The molecule has 0 radical (unpaired) electrons. The summed E-state index contributed by atoms with van der Waals surface area (Å²) in [4.78, 5) is 19.5. The third-order valence-electron chi connectivity index (χ3n) is 6.41. The second kappa shape index (κ2) is 7.40. The van der Waals surface area contributed by atoms with E-state index in [-0.39, 0.29) is 29.7 Å². The van der Waals surface area contributed by atoms with Crippen molar-refractivity contribution in [3.05, 3.63) is 60.2 Å². The van der Waals surface area contributed by atoms with Crippen LogP contribution in [0.4, 0.5) is 4.39 Å². The van der Waals surface area contributed by atoms with Crippen LogP contribution in [0.2, 0.25) is 0 Å². The molecule has 6 nitrogen and oxygen atoms in total. The number of aromatic nitrogens is 2. The Morgan fingerprint density at radius 1 is 1.10 bits per heavy atom. The maximum Gasteiger partial charge on any atom is 0.272 e. The van der Waals surface area contributed by atoms with Crippen LogP contribution in [0.25, 0.3) is 11.0 Å². The molecule has 1 aliphatic heterocycles. The van der Waals surface area contributed by atoms with Gasteiger partial charge in [0.1, 0.15) is 29.0 Å². The molecule has 156 valence electrons. The summed E-state index contributed by atoms with van der Waals surface area (Å²) in [6.07, 6.45) is 2.22.